The molecule has 2 amide bonds. The number of carbonyl (C=O) groups excluding carboxylic acids is 2. The van der Waals surface area contributed by atoms with Gasteiger partial charge in [-0.05, 0) is 45.4 Å². The van der Waals surface area contributed by atoms with Crippen molar-refractivity contribution in [1.82, 2.24) is 10.0 Å². The van der Waals surface area contributed by atoms with Gasteiger partial charge < -0.3 is 14.6 Å². The first-order chi connectivity index (χ1) is 12.6. The van der Waals surface area contributed by atoms with Crippen LogP contribution in [0.5, 0.6) is 0 Å². The Labute approximate surface area is 165 Å². The lowest BCUT2D eigenvalue weighted by Gasteiger charge is -2.32. The number of halogens is 1. The molecule has 1 aliphatic heterocycles. The van der Waals surface area contributed by atoms with Crippen LogP contribution in [-0.4, -0.2) is 45.5 Å². The fraction of sp³-hybridized carbons (Fsp3) is 0.389. The molecule has 0 bridgehead atoms. The fourth-order valence-electron chi connectivity index (χ4n) is 2.50. The van der Waals surface area contributed by atoms with E-state index in [1.54, 1.807) is 52.0 Å². The van der Waals surface area contributed by atoms with Gasteiger partial charge in [-0.3, -0.25) is 0 Å². The van der Waals surface area contributed by atoms with Crippen LogP contribution >= 0.6 is 15.9 Å². The summed E-state index contributed by atoms with van der Waals surface area (Å²) in [6, 6.07) is 5.73. The lowest BCUT2D eigenvalue weighted by atomic mass is 10.0. The van der Waals surface area contributed by atoms with Crippen molar-refractivity contribution in [2.75, 3.05) is 0 Å². The number of hydrogen-bond acceptors (Lipinski definition) is 5. The van der Waals surface area contributed by atoms with Crippen molar-refractivity contribution in [1.29, 1.82) is 0 Å². The number of nitrogens with zero attached hydrogens (tertiary/aromatic N) is 2. The predicted octanol–water partition coefficient (Wildman–Crippen LogP) is 4.08. The maximum absolute atomic E-state index is 12.7. The van der Waals surface area contributed by atoms with Crippen molar-refractivity contribution in [3.05, 3.63) is 46.1 Å². The zero-order chi connectivity index (χ0) is 20.3. The van der Waals surface area contributed by atoms with Crippen LogP contribution < -0.4 is 0 Å². The van der Waals surface area contributed by atoms with E-state index in [9.17, 15) is 19.5 Å². The second-order valence-corrected chi connectivity index (χ2v) is 7.31. The Morgan fingerprint density at radius 1 is 1.00 bits per heavy atom. The van der Waals surface area contributed by atoms with E-state index in [4.69, 9.17) is 9.47 Å². The predicted molar refractivity (Wildman–Crippen MR) is 99.5 cm³/mol. The summed E-state index contributed by atoms with van der Waals surface area (Å²) in [4.78, 5) is 37.0. The summed E-state index contributed by atoms with van der Waals surface area (Å²) in [7, 11) is 0. The highest BCUT2D eigenvalue weighted by atomic mass is 79.9. The first kappa shape index (κ1) is 20.8. The Kier molecular flexibility index (Phi) is 6.48. The third-order valence-corrected chi connectivity index (χ3v) is 4.04. The SMILES string of the molecule is CC(C)OC(=O)N1C=C(C(=O)O)[C@@H](c2ccc(Br)cc2)N1C(=O)OC(C)C. The molecule has 0 saturated carbocycles. The summed E-state index contributed by atoms with van der Waals surface area (Å²) in [5.41, 5.74) is 0.353. The molecule has 1 aromatic carbocycles. The summed E-state index contributed by atoms with van der Waals surface area (Å²) in [5, 5.41) is 11.4. The van der Waals surface area contributed by atoms with Crippen LogP contribution in [0.25, 0.3) is 0 Å². The second-order valence-electron chi connectivity index (χ2n) is 6.40. The molecule has 1 N–H and O–H groups in total. The number of hydrazine groups is 1. The van der Waals surface area contributed by atoms with E-state index in [2.05, 4.69) is 15.9 Å². The molecule has 0 saturated heterocycles. The molecule has 0 spiro atoms. The van der Waals surface area contributed by atoms with Crippen LogP contribution in [0, 0.1) is 0 Å². The summed E-state index contributed by atoms with van der Waals surface area (Å²) < 4.78 is 11.2. The number of rotatable bonds is 4. The molecule has 0 radical (unpaired) electrons. The number of benzene rings is 1. The number of amides is 2. The van der Waals surface area contributed by atoms with Crippen LogP contribution in [0.3, 0.4) is 0 Å². The highest BCUT2D eigenvalue weighted by Crippen LogP contribution is 2.37. The number of carboxylic acids is 1. The minimum atomic E-state index is -1.26. The molecule has 9 heteroatoms. The third-order valence-electron chi connectivity index (χ3n) is 3.51. The molecule has 0 fully saturated rings. The van der Waals surface area contributed by atoms with Crippen molar-refractivity contribution in [2.45, 2.75) is 45.9 Å². The van der Waals surface area contributed by atoms with Gasteiger partial charge in [-0.1, -0.05) is 28.1 Å². The maximum atomic E-state index is 12.7. The molecular formula is C18H21BrN2O6. The molecular weight excluding hydrogens is 420 g/mol. The van der Waals surface area contributed by atoms with E-state index in [1.807, 2.05) is 0 Å². The van der Waals surface area contributed by atoms with Gasteiger partial charge >= 0.3 is 18.2 Å². The van der Waals surface area contributed by atoms with Crippen LogP contribution in [0.4, 0.5) is 9.59 Å². The van der Waals surface area contributed by atoms with Gasteiger partial charge in [-0.15, -0.1) is 0 Å². The molecule has 1 heterocycles. The normalized spacial score (nSPS) is 16.6. The Balaban J connectivity index is 2.52. The monoisotopic (exact) mass is 440 g/mol. The number of aliphatic carboxylic acids is 1. The minimum Gasteiger partial charge on any atom is -0.478 e. The van der Waals surface area contributed by atoms with Gasteiger partial charge in [0.05, 0.1) is 17.8 Å². The average molecular weight is 441 g/mol. The Morgan fingerprint density at radius 2 is 1.52 bits per heavy atom. The standard InChI is InChI=1S/C18H21BrN2O6/c1-10(2)26-17(24)20-9-14(16(22)23)15(12-5-7-13(19)8-6-12)21(20)18(25)27-11(3)4/h5-11,15H,1-4H3,(H,22,23)/t15-/m1/s1. The quantitative estimate of drug-likeness (QED) is 0.757. The zero-order valence-corrected chi connectivity index (χ0v) is 17.0. The number of carboxylic acid groups (broad SMARTS) is 1. The Bertz CT molecular complexity index is 760. The molecule has 0 aliphatic carbocycles. The topological polar surface area (TPSA) is 96.4 Å². The van der Waals surface area contributed by atoms with Crippen LogP contribution in [0.2, 0.25) is 0 Å². The maximum Gasteiger partial charge on any atom is 0.433 e. The Morgan fingerprint density at radius 3 is 2.00 bits per heavy atom. The van der Waals surface area contributed by atoms with E-state index < -0.39 is 36.4 Å². The minimum absolute atomic E-state index is 0.154. The highest BCUT2D eigenvalue weighted by molar-refractivity contribution is 9.10. The van der Waals surface area contributed by atoms with Crippen LogP contribution in [-0.2, 0) is 14.3 Å². The molecule has 27 heavy (non-hydrogen) atoms. The lowest BCUT2D eigenvalue weighted by molar-refractivity contribution is -0.133. The highest BCUT2D eigenvalue weighted by Gasteiger charge is 2.45. The first-order valence-electron chi connectivity index (χ1n) is 8.32. The molecule has 1 aliphatic rings. The van der Waals surface area contributed by atoms with E-state index in [1.165, 1.54) is 0 Å². The lowest BCUT2D eigenvalue weighted by Crippen LogP contribution is -2.46. The van der Waals surface area contributed by atoms with Gasteiger partial charge in [0.15, 0.2) is 0 Å². The van der Waals surface area contributed by atoms with E-state index >= 15 is 0 Å². The molecule has 1 atom stereocenters. The fourth-order valence-corrected chi connectivity index (χ4v) is 2.77. The third kappa shape index (κ3) is 4.79. The van der Waals surface area contributed by atoms with E-state index in [0.29, 0.717) is 5.56 Å². The molecule has 0 aromatic heterocycles. The summed E-state index contributed by atoms with van der Waals surface area (Å²) in [6.45, 7) is 6.62. The summed E-state index contributed by atoms with van der Waals surface area (Å²) in [5.74, 6) is -1.26. The smallest absolute Gasteiger partial charge is 0.433 e. The van der Waals surface area contributed by atoms with Crippen molar-refractivity contribution in [2.24, 2.45) is 0 Å². The van der Waals surface area contributed by atoms with Gasteiger partial charge in [-0.25, -0.2) is 14.4 Å². The molecule has 1 aromatic rings. The largest absolute Gasteiger partial charge is 0.478 e. The molecule has 146 valence electrons. The van der Waals surface area contributed by atoms with Gasteiger partial charge in [0.25, 0.3) is 0 Å². The molecule has 8 nitrogen and oxygen atoms in total. The Hall–Kier alpha value is -2.55. The number of carbonyl (C=O) groups is 3. The number of hydrogen-bond donors (Lipinski definition) is 1. The van der Waals surface area contributed by atoms with Gasteiger partial charge in [0.2, 0.25) is 0 Å². The zero-order valence-electron chi connectivity index (χ0n) is 15.4. The van der Waals surface area contributed by atoms with Crippen molar-refractivity contribution >= 4 is 34.1 Å². The van der Waals surface area contributed by atoms with E-state index in [0.717, 1.165) is 20.7 Å². The van der Waals surface area contributed by atoms with Crippen LogP contribution in [0.1, 0.15) is 39.3 Å². The molecule has 0 unspecified atom stereocenters. The van der Waals surface area contributed by atoms with Crippen molar-refractivity contribution < 1.29 is 29.0 Å². The van der Waals surface area contributed by atoms with Crippen molar-refractivity contribution in [3.8, 4) is 0 Å². The number of ether oxygens (including phenoxy) is 2. The van der Waals surface area contributed by atoms with Crippen LogP contribution in [0.15, 0.2) is 40.5 Å². The van der Waals surface area contributed by atoms with Gasteiger partial charge in [-0.2, -0.15) is 10.0 Å². The second kappa shape index (κ2) is 8.43. The van der Waals surface area contributed by atoms with Crippen molar-refractivity contribution in [3.63, 3.8) is 0 Å². The molecule has 2 rings (SSSR count). The summed E-state index contributed by atoms with van der Waals surface area (Å²) >= 11 is 3.32. The van der Waals surface area contributed by atoms with E-state index in [-0.39, 0.29) is 5.57 Å². The van der Waals surface area contributed by atoms with Gasteiger partial charge in [0, 0.05) is 10.7 Å². The summed E-state index contributed by atoms with van der Waals surface area (Å²) in [6.07, 6.45) is -1.55. The first-order valence-corrected chi connectivity index (χ1v) is 9.11. The van der Waals surface area contributed by atoms with Gasteiger partial charge in [0.1, 0.15) is 6.04 Å². The average Bonchev–Trinajstić information content (AvgIpc) is 2.95.